The highest BCUT2D eigenvalue weighted by molar-refractivity contribution is 6.36. The van der Waals surface area contributed by atoms with Gasteiger partial charge in [0.25, 0.3) is 0 Å². The number of rotatable bonds is 7. The van der Waals surface area contributed by atoms with Gasteiger partial charge in [-0.25, -0.2) is 4.79 Å². The molecule has 44 heavy (non-hydrogen) atoms. The van der Waals surface area contributed by atoms with Crippen molar-refractivity contribution >= 4 is 46.8 Å². The van der Waals surface area contributed by atoms with Crippen LogP contribution in [0, 0.1) is 11.8 Å². The summed E-state index contributed by atoms with van der Waals surface area (Å²) in [7, 11) is 0. The van der Waals surface area contributed by atoms with E-state index in [-0.39, 0.29) is 6.42 Å². The molecule has 1 fully saturated rings. The summed E-state index contributed by atoms with van der Waals surface area (Å²) in [5, 5.41) is 0. The van der Waals surface area contributed by atoms with Crippen LogP contribution in [-0.2, 0) is 35.3 Å². The van der Waals surface area contributed by atoms with Crippen LogP contribution in [0.5, 0.6) is 0 Å². The maximum atomic E-state index is 14.6. The lowest BCUT2D eigenvalue weighted by Crippen LogP contribution is -2.57. The minimum atomic E-state index is -1.38. The fraction of sp³-hybridized carbons (Fsp3) is 0.222. The highest BCUT2D eigenvalue weighted by Crippen LogP contribution is 2.69. The molecule has 4 aromatic rings. The number of benzene rings is 4. The average molecular weight is 625 g/mol. The summed E-state index contributed by atoms with van der Waals surface area (Å²) in [6.07, 6.45) is -1.16. The number of ketones is 1. The molecule has 1 aliphatic heterocycles. The molecule has 6 nitrogen and oxygen atoms in total. The highest BCUT2D eigenvalue weighted by atomic mass is 35.5. The molecule has 8 rings (SSSR count). The van der Waals surface area contributed by atoms with Gasteiger partial charge in [0.2, 0.25) is 17.6 Å². The van der Waals surface area contributed by atoms with Crippen LogP contribution in [0.3, 0.4) is 0 Å². The van der Waals surface area contributed by atoms with E-state index in [1.807, 2.05) is 66.7 Å². The van der Waals surface area contributed by atoms with E-state index in [0.717, 1.165) is 4.90 Å². The van der Waals surface area contributed by atoms with E-state index >= 15 is 0 Å². The lowest BCUT2D eigenvalue weighted by Gasteiger charge is -2.54. The predicted octanol–water partition coefficient (Wildman–Crippen LogP) is 6.01. The van der Waals surface area contributed by atoms with E-state index in [1.165, 1.54) is 6.92 Å². The third-order valence-electron chi connectivity index (χ3n) is 9.20. The maximum Gasteiger partial charge on any atom is 0.330 e. The molecule has 220 valence electrons. The number of hydrogen-bond acceptors (Lipinski definition) is 5. The quantitative estimate of drug-likeness (QED) is 0.109. The minimum Gasteiger partial charge on any atom is -0.453 e. The largest absolute Gasteiger partial charge is 0.453 e. The molecule has 4 atom stereocenters. The Kier molecular flexibility index (Phi) is 6.76. The first kappa shape index (κ1) is 28.5. The van der Waals surface area contributed by atoms with Crippen LogP contribution in [0.15, 0.2) is 109 Å². The Morgan fingerprint density at radius 2 is 1.11 bits per heavy atom. The third kappa shape index (κ3) is 3.94. The summed E-state index contributed by atoms with van der Waals surface area (Å²) in [4.78, 5) is 54.4. The van der Waals surface area contributed by atoms with Crippen molar-refractivity contribution in [3.63, 3.8) is 0 Å². The summed E-state index contributed by atoms with van der Waals surface area (Å²) in [6, 6.07) is 30.9. The van der Waals surface area contributed by atoms with Gasteiger partial charge in [-0.2, -0.15) is 0 Å². The monoisotopic (exact) mass is 623 g/mol. The van der Waals surface area contributed by atoms with Crippen molar-refractivity contribution in [2.24, 2.45) is 11.8 Å². The van der Waals surface area contributed by atoms with E-state index in [1.54, 1.807) is 42.5 Å². The number of ether oxygens (including phenoxy) is 1. The van der Waals surface area contributed by atoms with E-state index in [4.69, 9.17) is 27.9 Å². The molecule has 8 heteroatoms. The number of hydrogen-bond donors (Lipinski definition) is 0. The molecule has 0 unspecified atom stereocenters. The van der Waals surface area contributed by atoms with Crippen molar-refractivity contribution in [3.05, 3.63) is 143 Å². The Labute approximate surface area is 264 Å². The maximum absolute atomic E-state index is 14.6. The van der Waals surface area contributed by atoms with Crippen molar-refractivity contribution < 1.29 is 23.9 Å². The Balaban J connectivity index is 1.31. The first-order chi connectivity index (χ1) is 21.2. The highest BCUT2D eigenvalue weighted by Gasteiger charge is 2.73. The Morgan fingerprint density at radius 3 is 1.57 bits per heavy atom. The molecule has 2 bridgehead atoms. The molecule has 0 aromatic heterocycles. The fourth-order valence-electron chi connectivity index (χ4n) is 7.26. The number of halogens is 2. The second-order valence-corrected chi connectivity index (χ2v) is 12.7. The second kappa shape index (κ2) is 10.4. The number of nitrogens with zero attached hydrogens (tertiary/aromatic N) is 1. The lowest BCUT2D eigenvalue weighted by molar-refractivity contribution is -0.160. The van der Waals surface area contributed by atoms with Gasteiger partial charge >= 0.3 is 5.97 Å². The zero-order chi connectivity index (χ0) is 30.8. The van der Waals surface area contributed by atoms with Gasteiger partial charge in [0.1, 0.15) is 15.8 Å². The lowest BCUT2D eigenvalue weighted by atomic mass is 9.54. The Hall–Kier alpha value is -4.26. The van der Waals surface area contributed by atoms with Crippen molar-refractivity contribution in [1.82, 2.24) is 4.90 Å². The van der Waals surface area contributed by atoms with Crippen molar-refractivity contribution in [2.45, 2.75) is 35.2 Å². The summed E-state index contributed by atoms with van der Waals surface area (Å²) in [5.74, 6) is -4.57. The van der Waals surface area contributed by atoms with Crippen LogP contribution in [0.4, 0.5) is 0 Å². The van der Waals surface area contributed by atoms with Crippen molar-refractivity contribution in [2.75, 3.05) is 0 Å². The molecule has 1 saturated heterocycles. The molecular weight excluding hydrogens is 597 g/mol. The van der Waals surface area contributed by atoms with E-state index in [2.05, 4.69) is 0 Å². The summed E-state index contributed by atoms with van der Waals surface area (Å²) >= 11 is 15.1. The van der Waals surface area contributed by atoms with E-state index < -0.39 is 57.3 Å². The number of likely N-dealkylation sites (tertiary alicyclic amines) is 1. The zero-order valence-corrected chi connectivity index (χ0v) is 25.2. The van der Waals surface area contributed by atoms with Crippen LogP contribution in [-0.4, -0.2) is 40.6 Å². The number of carbonyl (C=O) groups is 4. The number of alkyl halides is 2. The summed E-state index contributed by atoms with van der Waals surface area (Å²) < 4.78 is 5.71. The van der Waals surface area contributed by atoms with Gasteiger partial charge in [0.15, 0.2) is 6.10 Å². The van der Waals surface area contributed by atoms with Crippen LogP contribution in [0.2, 0.25) is 0 Å². The first-order valence-electron chi connectivity index (χ1n) is 14.5. The zero-order valence-electron chi connectivity index (χ0n) is 23.7. The normalized spacial score (nSPS) is 25.9. The van der Waals surface area contributed by atoms with Crippen molar-refractivity contribution in [1.29, 1.82) is 0 Å². The molecule has 0 saturated carbocycles. The van der Waals surface area contributed by atoms with Crippen molar-refractivity contribution in [3.8, 4) is 0 Å². The van der Waals surface area contributed by atoms with Gasteiger partial charge < -0.3 is 4.74 Å². The molecular formula is C36H27Cl2NO5. The van der Waals surface area contributed by atoms with Gasteiger partial charge in [-0.3, -0.25) is 19.3 Å². The number of amides is 2. The standard InChI is InChI=1S/C36H27Cl2NO5/c1-21(31(40)23-14-6-3-7-15-23)44-34(43)28(20-22-12-4-2-5-13-22)39-32(41)29-30(33(39)42)36(38)25-17-9-8-16-24(25)35(29,37)26-18-10-11-19-27(26)36/h2-19,21,28-30H,20H2,1H3/t21-,28+,29-,30+,35?,36?/m0/s1. The van der Waals surface area contributed by atoms with Gasteiger partial charge in [-0.15, -0.1) is 23.2 Å². The van der Waals surface area contributed by atoms with Crippen LogP contribution in [0.1, 0.15) is 45.1 Å². The van der Waals surface area contributed by atoms with Crippen LogP contribution >= 0.6 is 23.2 Å². The predicted molar refractivity (Wildman–Crippen MR) is 165 cm³/mol. The SMILES string of the molecule is C[C@H](OC(=O)[C@@H](Cc1ccccc1)N1C(=O)[C@@H]2[C@H](C1=O)C1(Cl)c3ccccc3C2(Cl)c2ccccc21)C(=O)c1ccccc1. The number of esters is 1. The number of imide groups is 1. The molecule has 0 N–H and O–H groups in total. The summed E-state index contributed by atoms with van der Waals surface area (Å²) in [5.41, 5.74) is 3.77. The van der Waals surface area contributed by atoms with E-state index in [9.17, 15) is 19.2 Å². The Bertz CT molecular complexity index is 1700. The van der Waals surface area contributed by atoms with Gasteiger partial charge in [-0.05, 0) is 34.7 Å². The van der Waals surface area contributed by atoms with Gasteiger partial charge in [-0.1, -0.05) is 109 Å². The van der Waals surface area contributed by atoms with E-state index in [0.29, 0.717) is 33.4 Å². The molecule has 2 amide bonds. The van der Waals surface area contributed by atoms with Gasteiger partial charge in [0, 0.05) is 12.0 Å². The third-order valence-corrected chi connectivity index (χ3v) is 10.5. The molecule has 0 radical (unpaired) electrons. The number of carbonyl (C=O) groups excluding carboxylic acids is 4. The molecule has 4 aliphatic rings. The Morgan fingerprint density at radius 1 is 0.705 bits per heavy atom. The number of Topliss-reactive ketones (excluding diaryl/α,β-unsaturated/α-hetero) is 1. The van der Waals surface area contributed by atoms with Crippen LogP contribution in [0.25, 0.3) is 0 Å². The second-order valence-electron chi connectivity index (χ2n) is 11.5. The van der Waals surface area contributed by atoms with Crippen LogP contribution < -0.4 is 0 Å². The molecule has 4 aromatic carbocycles. The summed E-state index contributed by atoms with van der Waals surface area (Å²) in [6.45, 7) is 1.48. The molecule has 3 aliphatic carbocycles. The first-order valence-corrected chi connectivity index (χ1v) is 15.2. The topological polar surface area (TPSA) is 80.8 Å². The minimum absolute atomic E-state index is 0.00664. The molecule has 1 heterocycles. The molecule has 0 spiro atoms. The average Bonchev–Trinajstić information content (AvgIpc) is 3.33. The smallest absolute Gasteiger partial charge is 0.330 e. The fourth-order valence-corrected chi connectivity index (χ4v) is 8.35. The van der Waals surface area contributed by atoms with Gasteiger partial charge in [0.05, 0.1) is 11.8 Å².